The van der Waals surface area contributed by atoms with Gasteiger partial charge in [-0.05, 0) is 13.8 Å². The fourth-order valence-electron chi connectivity index (χ4n) is 1.09. The monoisotopic (exact) mass is 187 g/mol. The minimum absolute atomic E-state index is 0.336. The van der Waals surface area contributed by atoms with Crippen LogP contribution in [0.4, 0.5) is 0 Å². The van der Waals surface area contributed by atoms with E-state index in [-0.39, 0.29) is 0 Å². The van der Waals surface area contributed by atoms with Crippen LogP contribution in [0.1, 0.15) is 21.7 Å². The molecule has 1 heterocycles. The summed E-state index contributed by atoms with van der Waals surface area (Å²) >= 11 is 1.52. The van der Waals surface area contributed by atoms with E-state index in [1.165, 1.54) is 11.3 Å². The van der Waals surface area contributed by atoms with Crippen LogP contribution in [0.2, 0.25) is 0 Å². The lowest BCUT2D eigenvalue weighted by Gasteiger charge is -2.06. The molecule has 1 rings (SSSR count). The minimum Gasteiger partial charge on any atom is -0.385 e. The summed E-state index contributed by atoms with van der Waals surface area (Å²) in [7, 11) is 1.58. The Hall–Kier alpha value is -0.450. The molecule has 0 radical (unpaired) electrons. The summed E-state index contributed by atoms with van der Waals surface area (Å²) in [5.74, 6) is 0. The summed E-state index contributed by atoms with van der Waals surface area (Å²) in [5, 5.41) is 10.5. The number of aromatic nitrogens is 1. The summed E-state index contributed by atoms with van der Waals surface area (Å²) < 4.78 is 4.85. The van der Waals surface area contributed by atoms with Gasteiger partial charge in [-0.2, -0.15) is 0 Å². The van der Waals surface area contributed by atoms with Crippen LogP contribution in [-0.4, -0.2) is 23.8 Å². The SMILES string of the molecule is COCC(O)c1sc(C)nc1C. The number of thiazole rings is 1. The minimum atomic E-state index is -0.527. The molecular formula is C8H13NO2S. The van der Waals surface area contributed by atoms with E-state index in [1.807, 2.05) is 13.8 Å². The van der Waals surface area contributed by atoms with Crippen molar-refractivity contribution in [3.8, 4) is 0 Å². The van der Waals surface area contributed by atoms with Crippen molar-refractivity contribution in [1.82, 2.24) is 4.98 Å². The van der Waals surface area contributed by atoms with Gasteiger partial charge in [-0.1, -0.05) is 0 Å². The molecule has 0 spiro atoms. The van der Waals surface area contributed by atoms with Crippen LogP contribution >= 0.6 is 11.3 Å². The molecule has 1 unspecified atom stereocenters. The first-order valence-electron chi connectivity index (χ1n) is 3.76. The molecule has 0 bridgehead atoms. The molecule has 4 heteroatoms. The molecule has 1 atom stereocenters. The third kappa shape index (κ3) is 2.03. The normalized spacial score (nSPS) is 13.3. The van der Waals surface area contributed by atoms with Gasteiger partial charge in [0.2, 0.25) is 0 Å². The smallest absolute Gasteiger partial charge is 0.113 e. The van der Waals surface area contributed by atoms with E-state index in [9.17, 15) is 5.11 Å². The van der Waals surface area contributed by atoms with Gasteiger partial charge in [-0.3, -0.25) is 0 Å². The maximum atomic E-state index is 9.56. The van der Waals surface area contributed by atoms with Crippen LogP contribution in [-0.2, 0) is 4.74 Å². The second kappa shape index (κ2) is 3.98. The Morgan fingerprint density at radius 3 is 2.67 bits per heavy atom. The average Bonchev–Trinajstić information content (AvgIpc) is 2.30. The van der Waals surface area contributed by atoms with Gasteiger partial charge in [0, 0.05) is 7.11 Å². The summed E-state index contributed by atoms with van der Waals surface area (Å²) in [6, 6.07) is 0. The van der Waals surface area contributed by atoms with Gasteiger partial charge in [0.05, 0.1) is 22.2 Å². The third-order valence-electron chi connectivity index (χ3n) is 1.57. The van der Waals surface area contributed by atoms with Gasteiger partial charge in [0.1, 0.15) is 6.10 Å². The molecule has 0 saturated carbocycles. The lowest BCUT2D eigenvalue weighted by atomic mass is 10.3. The van der Waals surface area contributed by atoms with Crippen molar-refractivity contribution in [3.05, 3.63) is 15.6 Å². The molecule has 0 aliphatic carbocycles. The lowest BCUT2D eigenvalue weighted by molar-refractivity contribution is 0.0661. The molecule has 0 aliphatic rings. The number of aryl methyl sites for hydroxylation is 2. The number of ether oxygens (including phenoxy) is 1. The van der Waals surface area contributed by atoms with Gasteiger partial charge in [0.25, 0.3) is 0 Å². The zero-order valence-corrected chi connectivity index (χ0v) is 8.31. The quantitative estimate of drug-likeness (QED) is 0.778. The Morgan fingerprint density at radius 1 is 1.58 bits per heavy atom. The number of rotatable bonds is 3. The molecule has 1 aromatic rings. The van der Waals surface area contributed by atoms with Crippen LogP contribution in [0.5, 0.6) is 0 Å². The van der Waals surface area contributed by atoms with Crippen molar-refractivity contribution in [2.24, 2.45) is 0 Å². The number of hydrogen-bond acceptors (Lipinski definition) is 4. The van der Waals surface area contributed by atoms with Gasteiger partial charge in [-0.15, -0.1) is 11.3 Å². The van der Waals surface area contributed by atoms with Gasteiger partial charge in [-0.25, -0.2) is 4.98 Å². The van der Waals surface area contributed by atoms with Crippen LogP contribution in [0, 0.1) is 13.8 Å². The van der Waals surface area contributed by atoms with Crippen LogP contribution in [0.25, 0.3) is 0 Å². The van der Waals surface area contributed by atoms with E-state index >= 15 is 0 Å². The summed E-state index contributed by atoms with van der Waals surface area (Å²) in [6.45, 7) is 4.17. The summed E-state index contributed by atoms with van der Waals surface area (Å²) in [4.78, 5) is 5.13. The van der Waals surface area contributed by atoms with Crippen LogP contribution in [0.3, 0.4) is 0 Å². The van der Waals surface area contributed by atoms with E-state index in [0.717, 1.165) is 15.6 Å². The van der Waals surface area contributed by atoms with Gasteiger partial charge < -0.3 is 9.84 Å². The average molecular weight is 187 g/mol. The van der Waals surface area contributed by atoms with E-state index in [4.69, 9.17) is 4.74 Å². The first-order chi connectivity index (χ1) is 5.65. The van der Waals surface area contributed by atoms with Crippen LogP contribution < -0.4 is 0 Å². The van der Waals surface area contributed by atoms with Crippen molar-refractivity contribution in [1.29, 1.82) is 0 Å². The van der Waals surface area contributed by atoms with E-state index < -0.39 is 6.10 Å². The Morgan fingerprint density at radius 2 is 2.25 bits per heavy atom. The molecule has 12 heavy (non-hydrogen) atoms. The highest BCUT2D eigenvalue weighted by Gasteiger charge is 2.13. The lowest BCUT2D eigenvalue weighted by Crippen LogP contribution is -2.04. The van der Waals surface area contributed by atoms with E-state index in [1.54, 1.807) is 7.11 Å². The highest BCUT2D eigenvalue weighted by atomic mass is 32.1. The maximum Gasteiger partial charge on any atom is 0.113 e. The second-order valence-corrected chi connectivity index (χ2v) is 3.89. The predicted molar refractivity (Wildman–Crippen MR) is 48.4 cm³/mol. The van der Waals surface area contributed by atoms with Crippen molar-refractivity contribution < 1.29 is 9.84 Å². The fraction of sp³-hybridized carbons (Fsp3) is 0.625. The first-order valence-corrected chi connectivity index (χ1v) is 4.57. The molecule has 1 N–H and O–H groups in total. The largest absolute Gasteiger partial charge is 0.385 e. The molecule has 68 valence electrons. The first kappa shape index (κ1) is 9.64. The molecular weight excluding hydrogens is 174 g/mol. The number of aliphatic hydroxyl groups is 1. The molecule has 0 aromatic carbocycles. The Bertz CT molecular complexity index is 260. The van der Waals surface area contributed by atoms with Gasteiger partial charge in [0.15, 0.2) is 0 Å². The van der Waals surface area contributed by atoms with Crippen molar-refractivity contribution in [2.75, 3.05) is 13.7 Å². The molecule has 0 saturated heterocycles. The standard InChI is InChI=1S/C8H13NO2S/c1-5-8(7(10)4-11-3)12-6(2)9-5/h7,10H,4H2,1-3H3. The Labute approximate surface area is 76.0 Å². The van der Waals surface area contributed by atoms with Gasteiger partial charge >= 0.3 is 0 Å². The number of aliphatic hydroxyl groups excluding tert-OH is 1. The summed E-state index contributed by atoms with van der Waals surface area (Å²) in [5.41, 5.74) is 0.905. The predicted octanol–water partition coefficient (Wildman–Crippen LogP) is 1.44. The fourth-order valence-corrected chi connectivity index (χ4v) is 1.99. The number of nitrogens with zero attached hydrogens (tertiary/aromatic N) is 1. The van der Waals surface area contributed by atoms with Crippen molar-refractivity contribution in [3.63, 3.8) is 0 Å². The third-order valence-corrected chi connectivity index (χ3v) is 2.74. The highest BCUT2D eigenvalue weighted by molar-refractivity contribution is 7.11. The van der Waals surface area contributed by atoms with E-state index in [0.29, 0.717) is 6.61 Å². The molecule has 0 aliphatic heterocycles. The molecule has 3 nitrogen and oxygen atoms in total. The zero-order chi connectivity index (χ0) is 9.14. The Balaban J connectivity index is 2.79. The molecule has 0 fully saturated rings. The van der Waals surface area contributed by atoms with Crippen molar-refractivity contribution >= 4 is 11.3 Å². The molecule has 1 aromatic heterocycles. The number of methoxy groups -OCH3 is 1. The van der Waals surface area contributed by atoms with Crippen molar-refractivity contribution in [2.45, 2.75) is 20.0 Å². The number of hydrogen-bond donors (Lipinski definition) is 1. The van der Waals surface area contributed by atoms with E-state index in [2.05, 4.69) is 4.98 Å². The highest BCUT2D eigenvalue weighted by Crippen LogP contribution is 2.24. The van der Waals surface area contributed by atoms with Crippen LogP contribution in [0.15, 0.2) is 0 Å². The second-order valence-electron chi connectivity index (χ2n) is 2.65. The topological polar surface area (TPSA) is 42.4 Å². The Kier molecular flexibility index (Phi) is 3.20. The summed E-state index contributed by atoms with van der Waals surface area (Å²) in [6.07, 6.45) is -0.527. The molecule has 0 amide bonds. The maximum absolute atomic E-state index is 9.56. The zero-order valence-electron chi connectivity index (χ0n) is 7.50.